The molecule has 1 aromatic heterocycles. The molecule has 0 amide bonds. The maximum absolute atomic E-state index is 12.2. The van der Waals surface area contributed by atoms with E-state index in [1.165, 1.54) is 11.3 Å². The SMILES string of the molecule is Cc1sc(=O)n(CC=Cc2ccccc2)c1-c1ccccc1. The molecular formula is C19H17NOS. The zero-order valence-electron chi connectivity index (χ0n) is 12.4. The number of rotatable bonds is 4. The van der Waals surface area contributed by atoms with Gasteiger partial charge in [0.2, 0.25) is 0 Å². The van der Waals surface area contributed by atoms with Gasteiger partial charge in [0.15, 0.2) is 0 Å². The van der Waals surface area contributed by atoms with Crippen molar-refractivity contribution in [3.8, 4) is 11.3 Å². The third-order valence-electron chi connectivity index (χ3n) is 3.51. The zero-order chi connectivity index (χ0) is 15.4. The van der Waals surface area contributed by atoms with Crippen molar-refractivity contribution in [3.05, 3.63) is 86.8 Å². The van der Waals surface area contributed by atoms with Crippen molar-refractivity contribution in [1.82, 2.24) is 4.57 Å². The summed E-state index contributed by atoms with van der Waals surface area (Å²) < 4.78 is 1.84. The van der Waals surface area contributed by atoms with Crippen molar-refractivity contribution in [1.29, 1.82) is 0 Å². The van der Waals surface area contributed by atoms with E-state index in [4.69, 9.17) is 0 Å². The van der Waals surface area contributed by atoms with Gasteiger partial charge in [-0.25, -0.2) is 0 Å². The molecule has 0 aliphatic carbocycles. The summed E-state index contributed by atoms with van der Waals surface area (Å²) in [5, 5.41) is 0. The summed E-state index contributed by atoms with van der Waals surface area (Å²) in [6.45, 7) is 2.59. The van der Waals surface area contributed by atoms with Crippen LogP contribution in [0.2, 0.25) is 0 Å². The van der Waals surface area contributed by atoms with E-state index in [0.717, 1.165) is 21.7 Å². The van der Waals surface area contributed by atoms with E-state index in [1.54, 1.807) is 0 Å². The van der Waals surface area contributed by atoms with Gasteiger partial charge in [0.05, 0.1) is 5.69 Å². The van der Waals surface area contributed by atoms with Crippen LogP contribution in [0.4, 0.5) is 0 Å². The van der Waals surface area contributed by atoms with Gasteiger partial charge in [-0.15, -0.1) is 0 Å². The molecule has 22 heavy (non-hydrogen) atoms. The lowest BCUT2D eigenvalue weighted by molar-refractivity contribution is 0.815. The maximum Gasteiger partial charge on any atom is 0.308 e. The molecule has 3 rings (SSSR count). The van der Waals surface area contributed by atoms with Gasteiger partial charge >= 0.3 is 4.87 Å². The highest BCUT2D eigenvalue weighted by molar-refractivity contribution is 7.09. The predicted octanol–water partition coefficient (Wildman–Crippen LogP) is 4.60. The molecule has 0 aliphatic rings. The molecule has 0 aliphatic heterocycles. The van der Waals surface area contributed by atoms with E-state index in [-0.39, 0.29) is 4.87 Å². The number of aromatic nitrogens is 1. The molecule has 110 valence electrons. The smallest absolute Gasteiger partial charge is 0.295 e. The van der Waals surface area contributed by atoms with E-state index < -0.39 is 0 Å². The monoisotopic (exact) mass is 307 g/mol. The van der Waals surface area contributed by atoms with Crippen molar-refractivity contribution >= 4 is 17.4 Å². The van der Waals surface area contributed by atoms with Crippen LogP contribution in [0.3, 0.4) is 0 Å². The van der Waals surface area contributed by atoms with Gasteiger partial charge in [0, 0.05) is 11.4 Å². The Morgan fingerprint density at radius 2 is 1.64 bits per heavy atom. The second kappa shape index (κ2) is 6.58. The largest absolute Gasteiger partial charge is 0.308 e. The summed E-state index contributed by atoms with van der Waals surface area (Å²) >= 11 is 1.31. The van der Waals surface area contributed by atoms with Gasteiger partial charge in [-0.2, -0.15) is 0 Å². The maximum atomic E-state index is 12.2. The van der Waals surface area contributed by atoms with Crippen LogP contribution in [0, 0.1) is 6.92 Å². The first kappa shape index (κ1) is 14.5. The summed E-state index contributed by atoms with van der Waals surface area (Å²) in [7, 11) is 0. The Kier molecular flexibility index (Phi) is 4.35. The average Bonchev–Trinajstić information content (AvgIpc) is 2.83. The molecule has 1 heterocycles. The fourth-order valence-corrected chi connectivity index (χ4v) is 3.36. The fourth-order valence-electron chi connectivity index (χ4n) is 2.50. The molecule has 3 aromatic rings. The lowest BCUT2D eigenvalue weighted by Gasteiger charge is -2.06. The standard InChI is InChI=1S/C19H17NOS/c1-15-18(17-12-6-3-7-13-17)20(19(21)22-15)14-8-11-16-9-4-2-5-10-16/h2-13H,14H2,1H3. The molecule has 0 unspecified atom stereocenters. The zero-order valence-corrected chi connectivity index (χ0v) is 13.2. The normalized spacial score (nSPS) is 11.1. The molecule has 3 heteroatoms. The van der Waals surface area contributed by atoms with Crippen molar-refractivity contribution in [2.45, 2.75) is 13.5 Å². The number of hydrogen-bond donors (Lipinski definition) is 0. The predicted molar refractivity (Wildman–Crippen MR) is 94.2 cm³/mol. The van der Waals surface area contributed by atoms with E-state index in [2.05, 4.69) is 12.1 Å². The number of hydrogen-bond acceptors (Lipinski definition) is 2. The molecule has 0 N–H and O–H groups in total. The molecule has 0 radical (unpaired) electrons. The van der Waals surface area contributed by atoms with Gasteiger partial charge in [0.1, 0.15) is 0 Å². The number of nitrogens with zero attached hydrogens (tertiary/aromatic N) is 1. The van der Waals surface area contributed by atoms with Crippen LogP contribution in [-0.2, 0) is 6.54 Å². The lowest BCUT2D eigenvalue weighted by atomic mass is 10.1. The van der Waals surface area contributed by atoms with Crippen molar-refractivity contribution in [3.63, 3.8) is 0 Å². The molecule has 0 spiro atoms. The van der Waals surface area contributed by atoms with Crippen LogP contribution in [0.15, 0.2) is 71.5 Å². The average molecular weight is 307 g/mol. The highest BCUT2D eigenvalue weighted by atomic mass is 32.1. The number of allylic oxidation sites excluding steroid dienone is 1. The summed E-state index contributed by atoms with van der Waals surface area (Å²) in [6.07, 6.45) is 4.09. The van der Waals surface area contributed by atoms with Crippen LogP contribution < -0.4 is 4.87 Å². The summed E-state index contributed by atoms with van der Waals surface area (Å²) in [6, 6.07) is 20.2. The van der Waals surface area contributed by atoms with Gasteiger partial charge in [0.25, 0.3) is 0 Å². The first-order valence-electron chi connectivity index (χ1n) is 7.23. The van der Waals surface area contributed by atoms with E-state index in [9.17, 15) is 4.79 Å². The van der Waals surface area contributed by atoms with Gasteiger partial charge in [-0.05, 0) is 18.1 Å². The molecule has 2 nitrogen and oxygen atoms in total. The quantitative estimate of drug-likeness (QED) is 0.690. The van der Waals surface area contributed by atoms with E-state index >= 15 is 0 Å². The highest BCUT2D eigenvalue weighted by Crippen LogP contribution is 2.24. The second-order valence-corrected chi connectivity index (χ2v) is 6.23. The summed E-state index contributed by atoms with van der Waals surface area (Å²) in [5.74, 6) is 0. The Bertz CT molecular complexity index is 829. The minimum absolute atomic E-state index is 0.0917. The number of benzene rings is 2. The number of thiazole rings is 1. The molecular weight excluding hydrogens is 290 g/mol. The van der Waals surface area contributed by atoms with Crippen LogP contribution >= 0.6 is 11.3 Å². The Hall–Kier alpha value is -2.39. The summed E-state index contributed by atoms with van der Waals surface area (Å²) in [5.41, 5.74) is 3.25. The van der Waals surface area contributed by atoms with Crippen LogP contribution in [-0.4, -0.2) is 4.57 Å². The summed E-state index contributed by atoms with van der Waals surface area (Å²) in [4.78, 5) is 13.4. The second-order valence-electron chi connectivity index (χ2n) is 5.06. The Morgan fingerprint density at radius 1 is 1.00 bits per heavy atom. The van der Waals surface area contributed by atoms with Gasteiger partial charge in [-0.3, -0.25) is 9.36 Å². The van der Waals surface area contributed by atoms with Crippen molar-refractivity contribution < 1.29 is 0 Å². The highest BCUT2D eigenvalue weighted by Gasteiger charge is 2.12. The van der Waals surface area contributed by atoms with Gasteiger partial charge in [-0.1, -0.05) is 84.2 Å². The number of aryl methyl sites for hydroxylation is 1. The molecule has 0 bridgehead atoms. The topological polar surface area (TPSA) is 22.0 Å². The third kappa shape index (κ3) is 3.10. The Morgan fingerprint density at radius 3 is 2.32 bits per heavy atom. The van der Waals surface area contributed by atoms with Crippen LogP contribution in [0.1, 0.15) is 10.4 Å². The van der Waals surface area contributed by atoms with E-state index in [1.807, 2.05) is 72.2 Å². The Labute approximate surface area is 134 Å². The minimum Gasteiger partial charge on any atom is -0.295 e. The third-order valence-corrected chi connectivity index (χ3v) is 4.40. The van der Waals surface area contributed by atoms with E-state index in [0.29, 0.717) is 6.54 Å². The molecule has 0 saturated carbocycles. The minimum atomic E-state index is 0.0917. The van der Waals surface area contributed by atoms with Crippen molar-refractivity contribution in [2.75, 3.05) is 0 Å². The molecule has 0 saturated heterocycles. The lowest BCUT2D eigenvalue weighted by Crippen LogP contribution is -2.13. The van der Waals surface area contributed by atoms with Crippen LogP contribution in [0.5, 0.6) is 0 Å². The first-order chi connectivity index (χ1) is 10.8. The van der Waals surface area contributed by atoms with Gasteiger partial charge < -0.3 is 0 Å². The fraction of sp³-hybridized carbons (Fsp3) is 0.105. The van der Waals surface area contributed by atoms with Crippen LogP contribution in [0.25, 0.3) is 17.3 Å². The first-order valence-corrected chi connectivity index (χ1v) is 8.04. The van der Waals surface area contributed by atoms with Crippen molar-refractivity contribution in [2.24, 2.45) is 0 Å². The molecule has 2 aromatic carbocycles. The molecule has 0 atom stereocenters. The Balaban J connectivity index is 1.91. The molecule has 0 fully saturated rings.